The third kappa shape index (κ3) is 2.99. The molecule has 1 unspecified atom stereocenters. The number of fused-ring (bicyclic) bond motifs is 2. The van der Waals surface area contributed by atoms with Gasteiger partial charge in [0.25, 0.3) is 6.02 Å². The van der Waals surface area contributed by atoms with Gasteiger partial charge in [-0.05, 0) is 57.1 Å². The fraction of sp³-hybridized carbons (Fsp3) is 0.500. The maximum Gasteiger partial charge on any atom is 0.291 e. The van der Waals surface area contributed by atoms with Crippen molar-refractivity contribution >= 4 is 22.5 Å². The monoisotopic (exact) mass is 384 g/mol. The molecule has 1 aromatic heterocycles. The molecule has 7 heteroatoms. The number of thiazole rings is 1. The second kappa shape index (κ2) is 6.49. The molecule has 2 aromatic rings. The maximum absolute atomic E-state index is 6.36. The van der Waals surface area contributed by atoms with Crippen LogP contribution < -0.4 is 10.1 Å². The Morgan fingerprint density at radius 2 is 2.04 bits per heavy atom. The third-order valence-electron chi connectivity index (χ3n) is 5.99. The Morgan fingerprint density at radius 3 is 2.70 bits per heavy atom. The van der Waals surface area contributed by atoms with Crippen LogP contribution in [-0.2, 0) is 4.74 Å². The zero-order chi connectivity index (χ0) is 18.4. The van der Waals surface area contributed by atoms with Gasteiger partial charge in [-0.15, -0.1) is 11.3 Å². The summed E-state index contributed by atoms with van der Waals surface area (Å²) in [6.45, 7) is 6.26. The number of ether oxygens (including phenoxy) is 2. The molecular weight excluding hydrogens is 360 g/mol. The molecule has 27 heavy (non-hydrogen) atoms. The molecule has 5 heterocycles. The van der Waals surface area contributed by atoms with Crippen LogP contribution in [0.5, 0.6) is 5.75 Å². The maximum atomic E-state index is 6.36. The van der Waals surface area contributed by atoms with E-state index in [1.807, 2.05) is 24.3 Å². The molecule has 0 radical (unpaired) electrons. The van der Waals surface area contributed by atoms with Gasteiger partial charge in [-0.1, -0.05) is 0 Å². The first-order valence-corrected chi connectivity index (χ1v) is 10.3. The van der Waals surface area contributed by atoms with Gasteiger partial charge in [-0.25, -0.2) is 9.98 Å². The van der Waals surface area contributed by atoms with Gasteiger partial charge in [0.1, 0.15) is 11.4 Å². The highest BCUT2D eigenvalue weighted by atomic mass is 32.1. The summed E-state index contributed by atoms with van der Waals surface area (Å²) in [6, 6.07) is 8.62. The van der Waals surface area contributed by atoms with E-state index in [2.05, 4.69) is 22.1 Å². The van der Waals surface area contributed by atoms with Crippen molar-refractivity contribution in [2.75, 3.05) is 38.6 Å². The Balaban J connectivity index is 1.31. The first-order valence-electron chi connectivity index (χ1n) is 9.50. The Labute approximate surface area is 163 Å². The number of aryl methyl sites for hydroxylation is 1. The lowest BCUT2D eigenvalue weighted by molar-refractivity contribution is -0.0829. The number of rotatable bonds is 3. The predicted octanol–water partition coefficient (Wildman–Crippen LogP) is 3.39. The zero-order valence-electron chi connectivity index (χ0n) is 15.7. The van der Waals surface area contributed by atoms with E-state index in [-0.39, 0.29) is 5.60 Å². The summed E-state index contributed by atoms with van der Waals surface area (Å²) in [5.74, 6) is 1.47. The highest BCUT2D eigenvalue weighted by molar-refractivity contribution is 7.16. The highest BCUT2D eigenvalue weighted by Gasteiger charge is 2.51. The number of nitrogens with one attached hydrogen (secondary N) is 1. The van der Waals surface area contributed by atoms with E-state index in [1.165, 1.54) is 30.8 Å². The van der Waals surface area contributed by atoms with Gasteiger partial charge >= 0.3 is 0 Å². The van der Waals surface area contributed by atoms with Crippen molar-refractivity contribution in [2.45, 2.75) is 25.4 Å². The van der Waals surface area contributed by atoms with Crippen LogP contribution in [0.1, 0.15) is 17.7 Å². The van der Waals surface area contributed by atoms with Gasteiger partial charge in [-0.2, -0.15) is 0 Å². The van der Waals surface area contributed by atoms with Crippen molar-refractivity contribution in [3.05, 3.63) is 29.1 Å². The molecule has 0 saturated carbocycles. The molecule has 1 spiro atoms. The molecule has 0 aliphatic carbocycles. The first kappa shape index (κ1) is 17.0. The quantitative estimate of drug-likeness (QED) is 0.879. The minimum Gasteiger partial charge on any atom is -0.497 e. The molecule has 3 saturated heterocycles. The van der Waals surface area contributed by atoms with Crippen LogP contribution in [-0.4, -0.2) is 54.8 Å². The standard InChI is InChI=1S/C20H24N4O2S/c1-13-17(14-3-5-16(25-2)6-4-14)22-19(27-13)23-18-21-11-20(26-18)12-24-9-7-15(20)8-10-24/h3-6,15H,7-12H2,1-2H3,(H,21,22,23). The fourth-order valence-electron chi connectivity index (χ4n) is 4.51. The summed E-state index contributed by atoms with van der Waals surface area (Å²) < 4.78 is 11.6. The summed E-state index contributed by atoms with van der Waals surface area (Å²) in [5, 5.41) is 4.15. The molecule has 1 N–H and O–H groups in total. The number of aliphatic imine (C=N–C) groups is 1. The van der Waals surface area contributed by atoms with E-state index in [9.17, 15) is 0 Å². The number of hydrogen-bond donors (Lipinski definition) is 1. The second-order valence-electron chi connectivity index (χ2n) is 7.62. The largest absolute Gasteiger partial charge is 0.497 e. The van der Waals surface area contributed by atoms with Gasteiger partial charge in [0, 0.05) is 22.9 Å². The van der Waals surface area contributed by atoms with Crippen molar-refractivity contribution in [3.63, 3.8) is 0 Å². The lowest BCUT2D eigenvalue weighted by atomic mass is 9.75. The van der Waals surface area contributed by atoms with Crippen LogP contribution in [0.25, 0.3) is 11.3 Å². The van der Waals surface area contributed by atoms with E-state index in [1.54, 1.807) is 18.4 Å². The molecule has 6 nitrogen and oxygen atoms in total. The smallest absolute Gasteiger partial charge is 0.291 e. The van der Waals surface area contributed by atoms with E-state index >= 15 is 0 Å². The summed E-state index contributed by atoms with van der Waals surface area (Å²) in [5.41, 5.74) is 1.95. The average Bonchev–Trinajstić information content (AvgIpc) is 3.26. The van der Waals surface area contributed by atoms with Crippen molar-refractivity contribution in [2.24, 2.45) is 10.9 Å². The first-order chi connectivity index (χ1) is 13.1. The molecular formula is C20H24N4O2S. The molecule has 4 aliphatic heterocycles. The number of benzene rings is 1. The zero-order valence-corrected chi connectivity index (χ0v) is 16.5. The number of hydrogen-bond acceptors (Lipinski definition) is 7. The van der Waals surface area contributed by atoms with Crippen LogP contribution >= 0.6 is 11.3 Å². The Kier molecular flexibility index (Phi) is 4.09. The Morgan fingerprint density at radius 1 is 1.26 bits per heavy atom. The summed E-state index contributed by atoms with van der Waals surface area (Å²) in [4.78, 5) is 13.1. The highest BCUT2D eigenvalue weighted by Crippen LogP contribution is 2.41. The van der Waals surface area contributed by atoms with Crippen molar-refractivity contribution < 1.29 is 9.47 Å². The van der Waals surface area contributed by atoms with Gasteiger partial charge in [-0.3, -0.25) is 10.2 Å². The predicted molar refractivity (Wildman–Crippen MR) is 108 cm³/mol. The molecule has 3 fully saturated rings. The average molecular weight is 385 g/mol. The van der Waals surface area contributed by atoms with Gasteiger partial charge in [0.2, 0.25) is 0 Å². The van der Waals surface area contributed by atoms with Crippen LogP contribution in [0, 0.1) is 12.8 Å². The number of piperidine rings is 3. The number of aromatic nitrogens is 1. The van der Waals surface area contributed by atoms with Gasteiger partial charge in [0.15, 0.2) is 5.13 Å². The van der Waals surface area contributed by atoms with Crippen molar-refractivity contribution in [3.8, 4) is 17.0 Å². The number of amidine groups is 1. The molecule has 0 amide bonds. The summed E-state index contributed by atoms with van der Waals surface area (Å²) >= 11 is 1.63. The number of methoxy groups -OCH3 is 1. The van der Waals surface area contributed by atoms with Crippen molar-refractivity contribution in [1.82, 2.24) is 9.88 Å². The Bertz CT molecular complexity index is 871. The van der Waals surface area contributed by atoms with Crippen LogP contribution in [0.4, 0.5) is 5.13 Å². The molecule has 142 valence electrons. The fourth-order valence-corrected chi connectivity index (χ4v) is 5.33. The SMILES string of the molecule is COc1ccc(-c2nc(NC3=NCC4(CN5CCC4CC5)O3)sc2C)cc1. The van der Waals surface area contributed by atoms with Crippen LogP contribution in [0.15, 0.2) is 29.3 Å². The molecule has 2 bridgehead atoms. The molecule has 4 aliphatic rings. The van der Waals surface area contributed by atoms with E-state index in [0.29, 0.717) is 11.9 Å². The minimum absolute atomic E-state index is 0.121. The van der Waals surface area contributed by atoms with E-state index in [0.717, 1.165) is 35.2 Å². The number of nitrogens with zero attached hydrogens (tertiary/aromatic N) is 3. The topological polar surface area (TPSA) is 59.0 Å². The number of anilines is 1. The third-order valence-corrected chi connectivity index (χ3v) is 6.87. The molecule has 1 aromatic carbocycles. The van der Waals surface area contributed by atoms with E-state index < -0.39 is 0 Å². The van der Waals surface area contributed by atoms with Gasteiger partial charge < -0.3 is 9.47 Å². The van der Waals surface area contributed by atoms with Crippen LogP contribution in [0.2, 0.25) is 0 Å². The lowest BCUT2D eigenvalue weighted by Crippen LogP contribution is -2.61. The van der Waals surface area contributed by atoms with E-state index in [4.69, 9.17) is 14.5 Å². The van der Waals surface area contributed by atoms with Gasteiger partial charge in [0.05, 0.1) is 19.3 Å². The summed E-state index contributed by atoms with van der Waals surface area (Å²) in [6.07, 6.45) is 2.45. The molecule has 1 atom stereocenters. The second-order valence-corrected chi connectivity index (χ2v) is 8.82. The minimum atomic E-state index is -0.121. The van der Waals surface area contributed by atoms with Crippen LogP contribution in [0.3, 0.4) is 0 Å². The summed E-state index contributed by atoms with van der Waals surface area (Å²) in [7, 11) is 1.68. The lowest BCUT2D eigenvalue weighted by Gasteiger charge is -2.50. The normalized spacial score (nSPS) is 28.9. The molecule has 6 rings (SSSR count). The Hall–Kier alpha value is -2.12. The van der Waals surface area contributed by atoms with Crippen molar-refractivity contribution in [1.29, 1.82) is 0 Å².